The molecule has 0 spiro atoms. The van der Waals surface area contributed by atoms with Gasteiger partial charge in [-0.15, -0.1) is 0 Å². The Labute approximate surface area is 127 Å². The van der Waals surface area contributed by atoms with E-state index in [4.69, 9.17) is 4.74 Å². The van der Waals surface area contributed by atoms with Crippen molar-refractivity contribution in [1.82, 2.24) is 0 Å². The van der Waals surface area contributed by atoms with Gasteiger partial charge in [-0.05, 0) is 55.7 Å². The van der Waals surface area contributed by atoms with E-state index in [1.54, 1.807) is 7.11 Å². The highest BCUT2D eigenvalue weighted by atomic mass is 16.5. The molecule has 0 saturated heterocycles. The second kappa shape index (κ2) is 6.97. The first-order valence-corrected chi connectivity index (χ1v) is 7.96. The quantitative estimate of drug-likeness (QED) is 0.849. The van der Waals surface area contributed by atoms with Crippen LogP contribution in [0.1, 0.15) is 51.0 Å². The molecule has 0 aromatic heterocycles. The number of ether oxygens (including phenoxy) is 1. The Hall–Kier alpha value is -1.51. The average molecular weight is 290 g/mol. The standard InChI is InChI=1S/C18H26O3/c1-3-5-14-8-10-18(11-9-14,17(19)20)13-15-6-4-7-16(12-15)21-2/h4,6-7,12,14H,3,5,8-11,13H2,1-2H3,(H,19,20). The van der Waals surface area contributed by atoms with Gasteiger partial charge in [0.05, 0.1) is 12.5 Å². The Bertz CT molecular complexity index is 473. The van der Waals surface area contributed by atoms with Crippen LogP contribution in [-0.4, -0.2) is 18.2 Å². The van der Waals surface area contributed by atoms with Gasteiger partial charge in [0.15, 0.2) is 0 Å². The van der Waals surface area contributed by atoms with Gasteiger partial charge < -0.3 is 9.84 Å². The van der Waals surface area contributed by atoms with Crippen LogP contribution >= 0.6 is 0 Å². The molecule has 2 rings (SSSR count). The van der Waals surface area contributed by atoms with Crippen LogP contribution in [0.3, 0.4) is 0 Å². The summed E-state index contributed by atoms with van der Waals surface area (Å²) in [6.45, 7) is 2.20. The molecule has 116 valence electrons. The molecule has 0 unspecified atom stereocenters. The molecule has 1 fully saturated rings. The van der Waals surface area contributed by atoms with E-state index in [1.165, 1.54) is 12.8 Å². The molecule has 1 aliphatic rings. The van der Waals surface area contributed by atoms with E-state index in [1.807, 2.05) is 24.3 Å². The first kappa shape index (κ1) is 15.9. The number of aliphatic carboxylic acids is 1. The van der Waals surface area contributed by atoms with Crippen molar-refractivity contribution in [3.8, 4) is 5.75 Å². The molecule has 0 heterocycles. The fourth-order valence-corrected chi connectivity index (χ4v) is 3.57. The van der Waals surface area contributed by atoms with Crippen molar-refractivity contribution in [2.75, 3.05) is 7.11 Å². The third-order valence-electron chi connectivity index (χ3n) is 4.89. The monoisotopic (exact) mass is 290 g/mol. The SMILES string of the molecule is CCCC1CCC(Cc2cccc(OC)c2)(C(=O)O)CC1. The molecule has 1 aromatic carbocycles. The summed E-state index contributed by atoms with van der Waals surface area (Å²) >= 11 is 0. The van der Waals surface area contributed by atoms with Crippen molar-refractivity contribution in [2.45, 2.75) is 51.9 Å². The van der Waals surface area contributed by atoms with Gasteiger partial charge in [0.25, 0.3) is 0 Å². The summed E-state index contributed by atoms with van der Waals surface area (Å²) in [7, 11) is 1.64. The van der Waals surface area contributed by atoms with Crippen molar-refractivity contribution < 1.29 is 14.6 Å². The van der Waals surface area contributed by atoms with Crippen LogP contribution < -0.4 is 4.74 Å². The minimum Gasteiger partial charge on any atom is -0.497 e. The van der Waals surface area contributed by atoms with E-state index in [9.17, 15) is 9.90 Å². The minimum atomic E-state index is -0.639. The molecule has 1 N–H and O–H groups in total. The molecular weight excluding hydrogens is 264 g/mol. The molecular formula is C18H26O3. The maximum atomic E-state index is 11.9. The summed E-state index contributed by atoms with van der Waals surface area (Å²) < 4.78 is 5.24. The van der Waals surface area contributed by atoms with Gasteiger partial charge in [0.1, 0.15) is 5.75 Å². The van der Waals surface area contributed by atoms with Crippen LogP contribution in [0.25, 0.3) is 0 Å². The normalized spacial score (nSPS) is 25.5. The fourth-order valence-electron chi connectivity index (χ4n) is 3.57. The van der Waals surface area contributed by atoms with Gasteiger partial charge in [0.2, 0.25) is 0 Å². The molecule has 0 aliphatic heterocycles. The highest BCUT2D eigenvalue weighted by molar-refractivity contribution is 5.75. The zero-order valence-electron chi connectivity index (χ0n) is 13.1. The molecule has 1 aliphatic carbocycles. The molecule has 0 atom stereocenters. The minimum absolute atomic E-state index is 0.587. The number of hydrogen-bond donors (Lipinski definition) is 1. The van der Waals surface area contributed by atoms with E-state index in [0.717, 1.165) is 37.0 Å². The zero-order chi connectivity index (χ0) is 15.3. The predicted octanol–water partition coefficient (Wildman–Crippen LogP) is 4.30. The van der Waals surface area contributed by atoms with Crippen molar-refractivity contribution in [3.05, 3.63) is 29.8 Å². The van der Waals surface area contributed by atoms with Crippen molar-refractivity contribution >= 4 is 5.97 Å². The van der Waals surface area contributed by atoms with E-state index in [2.05, 4.69) is 6.92 Å². The third-order valence-corrected chi connectivity index (χ3v) is 4.89. The average Bonchev–Trinajstić information content (AvgIpc) is 2.49. The predicted molar refractivity (Wildman–Crippen MR) is 83.6 cm³/mol. The Morgan fingerprint density at radius 3 is 2.67 bits per heavy atom. The molecule has 1 aromatic rings. The number of rotatable bonds is 6. The maximum Gasteiger partial charge on any atom is 0.309 e. The van der Waals surface area contributed by atoms with E-state index >= 15 is 0 Å². The van der Waals surface area contributed by atoms with Crippen molar-refractivity contribution in [3.63, 3.8) is 0 Å². The van der Waals surface area contributed by atoms with Crippen LogP contribution in [0.15, 0.2) is 24.3 Å². The first-order chi connectivity index (χ1) is 10.1. The van der Waals surface area contributed by atoms with E-state index in [0.29, 0.717) is 12.3 Å². The number of carbonyl (C=O) groups is 1. The molecule has 1 saturated carbocycles. The van der Waals surface area contributed by atoms with Crippen molar-refractivity contribution in [2.24, 2.45) is 11.3 Å². The second-order valence-electron chi connectivity index (χ2n) is 6.35. The van der Waals surface area contributed by atoms with E-state index in [-0.39, 0.29) is 0 Å². The van der Waals surface area contributed by atoms with Crippen LogP contribution in [0, 0.1) is 11.3 Å². The molecule has 0 radical (unpaired) electrons. The molecule has 3 heteroatoms. The molecule has 3 nitrogen and oxygen atoms in total. The highest BCUT2D eigenvalue weighted by Gasteiger charge is 2.41. The highest BCUT2D eigenvalue weighted by Crippen LogP contribution is 2.43. The van der Waals surface area contributed by atoms with Gasteiger partial charge in [-0.1, -0.05) is 31.9 Å². The first-order valence-electron chi connectivity index (χ1n) is 7.96. The summed E-state index contributed by atoms with van der Waals surface area (Å²) in [6, 6.07) is 7.80. The molecule has 0 bridgehead atoms. The van der Waals surface area contributed by atoms with Crippen LogP contribution in [-0.2, 0) is 11.2 Å². The smallest absolute Gasteiger partial charge is 0.309 e. The lowest BCUT2D eigenvalue weighted by molar-refractivity contribution is -0.151. The maximum absolute atomic E-state index is 11.9. The van der Waals surface area contributed by atoms with Gasteiger partial charge >= 0.3 is 5.97 Å². The number of benzene rings is 1. The Morgan fingerprint density at radius 1 is 1.38 bits per heavy atom. The van der Waals surface area contributed by atoms with Crippen LogP contribution in [0.4, 0.5) is 0 Å². The largest absolute Gasteiger partial charge is 0.497 e. The van der Waals surface area contributed by atoms with Gasteiger partial charge in [-0.2, -0.15) is 0 Å². The molecule has 0 amide bonds. The fraction of sp³-hybridized carbons (Fsp3) is 0.611. The summed E-state index contributed by atoms with van der Waals surface area (Å²) in [6.07, 6.45) is 6.72. The summed E-state index contributed by atoms with van der Waals surface area (Å²) in [5.41, 5.74) is 0.474. The lowest BCUT2D eigenvalue weighted by atomic mass is 9.67. The van der Waals surface area contributed by atoms with E-state index < -0.39 is 11.4 Å². The Kier molecular flexibility index (Phi) is 5.27. The second-order valence-corrected chi connectivity index (χ2v) is 6.35. The third kappa shape index (κ3) is 3.78. The van der Waals surface area contributed by atoms with Gasteiger partial charge in [0, 0.05) is 0 Å². The van der Waals surface area contributed by atoms with Crippen molar-refractivity contribution in [1.29, 1.82) is 0 Å². The topological polar surface area (TPSA) is 46.5 Å². The van der Waals surface area contributed by atoms with Gasteiger partial charge in [-0.3, -0.25) is 4.79 Å². The number of hydrogen-bond acceptors (Lipinski definition) is 2. The Balaban J connectivity index is 2.11. The van der Waals surface area contributed by atoms with Crippen LogP contribution in [0.5, 0.6) is 5.75 Å². The van der Waals surface area contributed by atoms with Crippen LogP contribution in [0.2, 0.25) is 0 Å². The number of carboxylic acid groups (broad SMARTS) is 1. The number of carboxylic acids is 1. The van der Waals surface area contributed by atoms with Gasteiger partial charge in [-0.25, -0.2) is 0 Å². The lowest BCUT2D eigenvalue weighted by Crippen LogP contribution is -2.37. The zero-order valence-corrected chi connectivity index (χ0v) is 13.1. The summed E-state index contributed by atoms with van der Waals surface area (Å²) in [5.74, 6) is 0.876. The lowest BCUT2D eigenvalue weighted by Gasteiger charge is -2.37. The summed E-state index contributed by atoms with van der Waals surface area (Å²) in [4.78, 5) is 11.9. The number of methoxy groups -OCH3 is 1. The summed E-state index contributed by atoms with van der Waals surface area (Å²) in [5, 5.41) is 9.76. The Morgan fingerprint density at radius 2 is 2.10 bits per heavy atom. The molecule has 21 heavy (non-hydrogen) atoms.